The Morgan fingerprint density at radius 2 is 0.783 bits per heavy atom. The second-order valence-electron chi connectivity index (χ2n) is 17.6. The zero-order valence-electron chi connectivity index (χ0n) is 35.1. The molecule has 4 bridgehead atoms. The largest absolute Gasteiger partial charge is 1.00 e. The number of quaternary nitrogens is 2. The van der Waals surface area contributed by atoms with Crippen LogP contribution in [0, 0.1) is 11.8 Å². The van der Waals surface area contributed by atoms with Gasteiger partial charge in [-0.3, -0.25) is 28.8 Å². The molecule has 4 aliphatic heterocycles. The number of hydrogen-bond acceptors (Lipinski definition) is 12. The van der Waals surface area contributed by atoms with Gasteiger partial charge in [-0.25, -0.2) is 0 Å². The normalized spacial score (nSPS) is 30.9. The van der Waals surface area contributed by atoms with Gasteiger partial charge in [0.15, 0.2) is 23.0 Å². The number of rotatable bonds is 12. The molecule has 328 valence electrons. The first-order valence-corrected chi connectivity index (χ1v) is 20.6. The molecule has 5 fully saturated rings. The fraction of sp³-hybridized carbons (Fsp3) is 0.591. The van der Waals surface area contributed by atoms with Crippen LogP contribution in [0.3, 0.4) is 0 Å². The molecule has 2 aromatic rings. The van der Waals surface area contributed by atoms with Gasteiger partial charge in [0.2, 0.25) is 0 Å². The summed E-state index contributed by atoms with van der Waals surface area (Å²) in [6.45, 7) is 6.57. The Bertz CT molecular complexity index is 1820. The first-order chi connectivity index (χ1) is 27.5. The first kappa shape index (κ1) is 47.2. The second kappa shape index (κ2) is 19.0. The van der Waals surface area contributed by atoms with Crippen LogP contribution in [0.4, 0.5) is 0 Å². The molecular formula is C44H56Br2N2O12. The number of ether oxygens (including phenoxy) is 6. The zero-order valence-corrected chi connectivity index (χ0v) is 38.3. The third-order valence-electron chi connectivity index (χ3n) is 13.7. The number of carbonyl (C=O) groups is 6. The van der Waals surface area contributed by atoms with Crippen LogP contribution >= 0.6 is 0 Å². The third-order valence-corrected chi connectivity index (χ3v) is 13.7. The number of nitrogens with zero attached hydrogens (tertiary/aromatic N) is 2. The van der Waals surface area contributed by atoms with Crippen molar-refractivity contribution >= 4 is 35.8 Å². The summed E-state index contributed by atoms with van der Waals surface area (Å²) in [5, 5.41) is 0. The minimum Gasteiger partial charge on any atom is -1.00 e. The van der Waals surface area contributed by atoms with Crippen LogP contribution in [0.5, 0.6) is 23.0 Å². The second-order valence-corrected chi connectivity index (χ2v) is 17.6. The summed E-state index contributed by atoms with van der Waals surface area (Å²) < 4.78 is 35.1. The number of hydrogen-bond donors (Lipinski definition) is 0. The Morgan fingerprint density at radius 3 is 1.07 bits per heavy atom. The fourth-order valence-electron chi connectivity index (χ4n) is 10.7. The Kier molecular flexibility index (Phi) is 15.0. The van der Waals surface area contributed by atoms with Crippen LogP contribution in [0.25, 0.3) is 0 Å². The van der Waals surface area contributed by atoms with Gasteiger partial charge in [-0.15, -0.1) is 0 Å². The van der Waals surface area contributed by atoms with E-state index in [1.54, 1.807) is 24.3 Å². The highest BCUT2D eigenvalue weighted by molar-refractivity contribution is 5.84. The molecule has 2 aromatic carbocycles. The van der Waals surface area contributed by atoms with Gasteiger partial charge >= 0.3 is 35.8 Å². The van der Waals surface area contributed by atoms with Crippen LogP contribution in [-0.4, -0.2) is 95.3 Å². The van der Waals surface area contributed by atoms with Crippen LogP contribution in [0.2, 0.25) is 0 Å². The van der Waals surface area contributed by atoms with Gasteiger partial charge in [-0.05, 0) is 49.2 Å². The molecule has 4 saturated heterocycles. The van der Waals surface area contributed by atoms with Crippen LogP contribution in [0.15, 0.2) is 36.4 Å². The number of halogens is 2. The van der Waals surface area contributed by atoms with Gasteiger partial charge in [0.25, 0.3) is 0 Å². The zero-order chi connectivity index (χ0) is 41.5. The minimum atomic E-state index is -0.503. The molecule has 0 amide bonds. The van der Waals surface area contributed by atoms with Gasteiger partial charge in [-0.1, -0.05) is 0 Å². The van der Waals surface area contributed by atoms with Gasteiger partial charge in [0, 0.05) is 90.2 Å². The summed E-state index contributed by atoms with van der Waals surface area (Å²) in [5.74, 6) is -2.79. The molecule has 0 spiro atoms. The monoisotopic (exact) mass is 962 g/mol. The quantitative estimate of drug-likeness (QED) is 0.153. The van der Waals surface area contributed by atoms with Gasteiger partial charge in [0.1, 0.15) is 25.3 Å². The van der Waals surface area contributed by atoms with Crippen molar-refractivity contribution in [3.8, 4) is 23.0 Å². The molecule has 0 radical (unpaired) electrons. The third kappa shape index (κ3) is 10.1. The van der Waals surface area contributed by atoms with E-state index in [9.17, 15) is 28.8 Å². The maximum Gasteiger partial charge on any atom is 0.310 e. The molecule has 16 heteroatoms. The van der Waals surface area contributed by atoms with Crippen LogP contribution < -0.4 is 52.9 Å². The van der Waals surface area contributed by atoms with E-state index in [0.717, 1.165) is 71.5 Å². The fourth-order valence-corrected chi connectivity index (χ4v) is 10.7. The Balaban J connectivity index is 0.00000341. The predicted octanol–water partition coefficient (Wildman–Crippen LogP) is -0.511. The smallest absolute Gasteiger partial charge is 0.310 e. The minimum absolute atomic E-state index is 0. The molecule has 7 rings (SSSR count). The Hall–Kier alpha value is -3.86. The highest BCUT2D eigenvalue weighted by Gasteiger charge is 2.55. The standard InChI is InChI=1S/C44H56N2O12.2BrH/c1-25(47)53-39-15-7-29(17-41(39)55-27(3)49)23-45(5)31-9-10-32(45)20-35(19-31)57-43(51)37-13-14-38(37)44(52)58-36-21-33-11-12-34(22-36)46(33,6)24-30-8-16-40(54-26(2)48)42(18-30)56-28(4)50;;/h7-8,15-18,31-38H,9-14,19-24H2,1-6H3;2*1H/q+2;;/p-2/t31?,32?,33?,34?,35-,36?,37?,38?,45-,46?;;. The molecule has 6 unspecified atom stereocenters. The van der Waals surface area contributed by atoms with Crippen molar-refractivity contribution in [1.29, 1.82) is 0 Å². The first-order valence-electron chi connectivity index (χ1n) is 20.6. The molecule has 0 N–H and O–H groups in total. The molecule has 60 heavy (non-hydrogen) atoms. The van der Waals surface area contributed by atoms with E-state index in [0.29, 0.717) is 25.9 Å². The van der Waals surface area contributed by atoms with Gasteiger partial charge < -0.3 is 71.4 Å². The summed E-state index contributed by atoms with van der Waals surface area (Å²) in [5.41, 5.74) is 1.91. The number of esters is 6. The predicted molar refractivity (Wildman–Crippen MR) is 206 cm³/mol. The highest BCUT2D eigenvalue weighted by atomic mass is 79.9. The van der Waals surface area contributed by atoms with E-state index in [1.165, 1.54) is 27.7 Å². The van der Waals surface area contributed by atoms with Crippen molar-refractivity contribution < 1.29 is 100 Å². The number of piperidine rings is 2. The Labute approximate surface area is 372 Å². The Morgan fingerprint density at radius 1 is 0.483 bits per heavy atom. The summed E-state index contributed by atoms with van der Waals surface area (Å²) in [6.07, 6.45) is 7.73. The molecule has 14 nitrogen and oxygen atoms in total. The molecule has 0 aromatic heterocycles. The molecule has 5 aliphatic rings. The molecule has 6 atom stereocenters. The molecule has 1 saturated carbocycles. The number of carbonyl (C=O) groups excluding carboxylic acids is 6. The van der Waals surface area contributed by atoms with Crippen molar-refractivity contribution in [1.82, 2.24) is 0 Å². The van der Waals surface area contributed by atoms with Crippen LogP contribution in [-0.2, 0) is 51.3 Å². The van der Waals surface area contributed by atoms with Gasteiger partial charge in [0.05, 0.1) is 50.1 Å². The maximum atomic E-state index is 13.6. The van der Waals surface area contributed by atoms with Crippen molar-refractivity contribution in [3.05, 3.63) is 47.5 Å². The van der Waals surface area contributed by atoms with Crippen molar-refractivity contribution in [2.75, 3.05) is 14.1 Å². The average Bonchev–Trinajstić information content (AvgIpc) is 3.33. The lowest BCUT2D eigenvalue weighted by molar-refractivity contribution is -0.961. The highest BCUT2D eigenvalue weighted by Crippen LogP contribution is 2.47. The lowest BCUT2D eigenvalue weighted by atomic mass is 9.73. The van der Waals surface area contributed by atoms with E-state index in [2.05, 4.69) is 14.1 Å². The maximum absolute atomic E-state index is 13.6. The van der Waals surface area contributed by atoms with Crippen molar-refractivity contribution in [3.63, 3.8) is 0 Å². The van der Waals surface area contributed by atoms with E-state index in [-0.39, 0.29) is 105 Å². The number of fused-ring (bicyclic) bond motifs is 4. The van der Waals surface area contributed by atoms with Crippen LogP contribution in [0.1, 0.15) is 103 Å². The summed E-state index contributed by atoms with van der Waals surface area (Å²) in [7, 11) is 4.46. The molecule has 4 heterocycles. The SMILES string of the molecule is CC(=O)Oc1ccc(C[N+]2(C)C3CCC2CC(OC(=O)C2CCC2C(=O)O[C@H]2CC4CCC(C2)[N@@+]4(C)Cc2ccc(OC(C)=O)c(OC(C)=O)c2)C3)cc1OC(C)=O.[Br-].[Br-]. The van der Waals surface area contributed by atoms with E-state index in [4.69, 9.17) is 28.4 Å². The molecule has 1 aliphatic carbocycles. The lowest BCUT2D eigenvalue weighted by Crippen LogP contribution is -3.00. The lowest BCUT2D eigenvalue weighted by Gasteiger charge is -2.47. The summed E-state index contributed by atoms with van der Waals surface area (Å²) in [4.78, 5) is 73.9. The average molecular weight is 965 g/mol. The number of benzene rings is 2. The van der Waals surface area contributed by atoms with Crippen molar-refractivity contribution in [2.45, 2.75) is 141 Å². The topological polar surface area (TPSA) is 158 Å². The van der Waals surface area contributed by atoms with E-state index >= 15 is 0 Å². The summed E-state index contributed by atoms with van der Waals surface area (Å²) >= 11 is 0. The summed E-state index contributed by atoms with van der Waals surface area (Å²) in [6, 6.07) is 11.7. The molecular weight excluding hydrogens is 908 g/mol. The van der Waals surface area contributed by atoms with Crippen molar-refractivity contribution in [2.24, 2.45) is 11.8 Å². The van der Waals surface area contributed by atoms with E-state index < -0.39 is 35.7 Å². The van der Waals surface area contributed by atoms with E-state index in [1.807, 2.05) is 12.1 Å². The van der Waals surface area contributed by atoms with Gasteiger partial charge in [-0.2, -0.15) is 0 Å².